The van der Waals surface area contributed by atoms with Crippen molar-refractivity contribution >= 4 is 13.4 Å². The van der Waals surface area contributed by atoms with Crippen LogP contribution in [-0.2, 0) is 0 Å². The molecule has 2 heteroatoms. The molecule has 1 fully saturated rings. The number of nitrogens with zero attached hydrogens (tertiary/aromatic N) is 1. The summed E-state index contributed by atoms with van der Waals surface area (Å²) >= 11 is 0. The first-order chi connectivity index (χ1) is 7.29. The average Bonchev–Trinajstić information content (AvgIpc) is 2.72. The van der Waals surface area contributed by atoms with Gasteiger partial charge in [0.1, 0.15) is 0 Å². The van der Waals surface area contributed by atoms with E-state index in [0.717, 1.165) is 11.3 Å². The smallest absolute Gasteiger partial charge is 0.0636 e. The van der Waals surface area contributed by atoms with Gasteiger partial charge in [0.2, 0.25) is 0 Å². The minimum Gasteiger partial charge on any atom is -0.257 e. The molecule has 1 aliphatic carbocycles. The number of hydrogen-bond donors (Lipinski definition) is 0. The van der Waals surface area contributed by atoms with Crippen LogP contribution in [0.25, 0.3) is 0 Å². The van der Waals surface area contributed by atoms with E-state index >= 15 is 0 Å². The molecule has 15 heavy (non-hydrogen) atoms. The van der Waals surface area contributed by atoms with Gasteiger partial charge in [-0.15, -0.1) is 0 Å². The molecule has 1 atom stereocenters. The van der Waals surface area contributed by atoms with E-state index in [1.54, 1.807) is 0 Å². The first kappa shape index (κ1) is 11.1. The lowest BCUT2D eigenvalue weighted by Crippen LogP contribution is -2.19. The summed E-state index contributed by atoms with van der Waals surface area (Å²) in [5.41, 5.74) is 3.09. The Labute approximate surface area is 94.1 Å². The highest BCUT2D eigenvalue weighted by molar-refractivity contribution is 7.66. The summed E-state index contributed by atoms with van der Waals surface area (Å²) in [5, 5.41) is 0. The van der Waals surface area contributed by atoms with Gasteiger partial charge in [-0.05, 0) is 44.2 Å². The van der Waals surface area contributed by atoms with Gasteiger partial charge in [0.15, 0.2) is 0 Å². The molecule has 1 aliphatic rings. The van der Waals surface area contributed by atoms with E-state index in [2.05, 4.69) is 31.0 Å². The van der Waals surface area contributed by atoms with Crippen LogP contribution in [0.4, 0.5) is 0 Å². The van der Waals surface area contributed by atoms with Crippen molar-refractivity contribution in [2.24, 2.45) is 0 Å². The Morgan fingerprint density at radius 2 is 2.00 bits per heavy atom. The third-order valence-electron chi connectivity index (χ3n) is 3.19. The lowest BCUT2D eigenvalue weighted by molar-refractivity contribution is 0.877. The van der Waals surface area contributed by atoms with Crippen LogP contribution in [0.1, 0.15) is 39.5 Å². The SMILES string of the molecule is CC(C)P(c1ccccn1)C1CCCC1. The zero-order chi connectivity index (χ0) is 10.7. The van der Waals surface area contributed by atoms with Crippen LogP contribution in [0.2, 0.25) is 0 Å². The van der Waals surface area contributed by atoms with Gasteiger partial charge in [0.05, 0.1) is 5.44 Å². The molecule has 1 heterocycles. The van der Waals surface area contributed by atoms with E-state index in [9.17, 15) is 0 Å². The molecule has 0 bridgehead atoms. The third kappa shape index (κ3) is 2.58. The fraction of sp³-hybridized carbons (Fsp3) is 0.615. The van der Waals surface area contributed by atoms with Gasteiger partial charge in [-0.25, -0.2) is 0 Å². The summed E-state index contributed by atoms with van der Waals surface area (Å²) in [6.45, 7) is 4.72. The molecule has 0 N–H and O–H groups in total. The van der Waals surface area contributed by atoms with Crippen molar-refractivity contribution < 1.29 is 0 Å². The number of aromatic nitrogens is 1. The Hall–Kier alpha value is -0.420. The van der Waals surface area contributed by atoms with Crippen molar-refractivity contribution in [3.8, 4) is 0 Å². The molecule has 0 saturated heterocycles. The van der Waals surface area contributed by atoms with Gasteiger partial charge in [0.25, 0.3) is 0 Å². The van der Waals surface area contributed by atoms with Gasteiger partial charge in [0, 0.05) is 6.20 Å². The molecule has 0 aromatic carbocycles. The van der Waals surface area contributed by atoms with E-state index in [-0.39, 0.29) is 7.92 Å². The Morgan fingerprint density at radius 1 is 1.27 bits per heavy atom. The van der Waals surface area contributed by atoms with Crippen molar-refractivity contribution in [1.29, 1.82) is 0 Å². The van der Waals surface area contributed by atoms with Crippen molar-refractivity contribution in [3.05, 3.63) is 24.4 Å². The number of pyridine rings is 1. The molecular weight excluding hydrogens is 201 g/mol. The van der Waals surface area contributed by atoms with Gasteiger partial charge in [-0.2, -0.15) is 0 Å². The molecule has 0 aliphatic heterocycles. The predicted molar refractivity (Wildman–Crippen MR) is 68.2 cm³/mol. The summed E-state index contributed by atoms with van der Waals surface area (Å²) < 4.78 is 0. The molecule has 1 aromatic heterocycles. The molecule has 82 valence electrons. The quantitative estimate of drug-likeness (QED) is 0.711. The van der Waals surface area contributed by atoms with Crippen molar-refractivity contribution in [1.82, 2.24) is 4.98 Å². The van der Waals surface area contributed by atoms with Crippen LogP contribution in [0.3, 0.4) is 0 Å². The molecule has 2 rings (SSSR count). The lowest BCUT2D eigenvalue weighted by atomic mass is 10.4. The van der Waals surface area contributed by atoms with E-state index in [0.29, 0.717) is 0 Å². The first-order valence-corrected chi connectivity index (χ1v) is 7.46. The average molecular weight is 221 g/mol. The Kier molecular flexibility index (Phi) is 3.75. The summed E-state index contributed by atoms with van der Waals surface area (Å²) in [6.07, 6.45) is 7.68. The van der Waals surface area contributed by atoms with Gasteiger partial charge in [-0.1, -0.05) is 32.8 Å². The van der Waals surface area contributed by atoms with E-state index in [4.69, 9.17) is 0 Å². The maximum atomic E-state index is 4.57. The second-order valence-electron chi connectivity index (χ2n) is 4.63. The zero-order valence-corrected chi connectivity index (χ0v) is 10.6. The summed E-state index contributed by atoms with van der Waals surface area (Å²) in [4.78, 5) is 4.57. The highest BCUT2D eigenvalue weighted by Gasteiger charge is 2.28. The molecule has 0 amide bonds. The standard InChI is InChI=1S/C13H20NP/c1-11(2)15(12-7-3-4-8-12)13-9-5-6-10-14-13/h5-6,9-12H,3-4,7-8H2,1-2H3. The first-order valence-electron chi connectivity index (χ1n) is 5.98. The second kappa shape index (κ2) is 5.07. The molecule has 0 radical (unpaired) electrons. The van der Waals surface area contributed by atoms with E-state index in [1.165, 1.54) is 31.1 Å². The van der Waals surface area contributed by atoms with E-state index in [1.807, 2.05) is 12.3 Å². The largest absolute Gasteiger partial charge is 0.257 e. The molecule has 1 nitrogen and oxygen atoms in total. The van der Waals surface area contributed by atoms with Gasteiger partial charge >= 0.3 is 0 Å². The zero-order valence-electron chi connectivity index (χ0n) is 9.69. The van der Waals surface area contributed by atoms with Crippen LogP contribution >= 0.6 is 7.92 Å². The maximum absolute atomic E-state index is 4.57. The van der Waals surface area contributed by atoms with Gasteiger partial charge in [-0.3, -0.25) is 4.98 Å². The van der Waals surface area contributed by atoms with E-state index < -0.39 is 0 Å². The summed E-state index contributed by atoms with van der Waals surface area (Å²) in [5.74, 6) is 0. The minimum absolute atomic E-state index is 0.0270. The summed E-state index contributed by atoms with van der Waals surface area (Å²) in [7, 11) is -0.0270. The van der Waals surface area contributed by atoms with Crippen molar-refractivity contribution in [2.45, 2.75) is 50.8 Å². The molecular formula is C13H20NP. The normalized spacial score (nSPS) is 19.7. The fourth-order valence-electron chi connectivity index (χ4n) is 2.56. The topological polar surface area (TPSA) is 12.9 Å². The Balaban J connectivity index is 2.19. The lowest BCUT2D eigenvalue weighted by Gasteiger charge is -2.27. The van der Waals surface area contributed by atoms with Crippen LogP contribution in [-0.4, -0.2) is 16.3 Å². The minimum atomic E-state index is -0.0270. The number of rotatable bonds is 3. The maximum Gasteiger partial charge on any atom is 0.0636 e. The highest BCUT2D eigenvalue weighted by Crippen LogP contribution is 2.50. The monoisotopic (exact) mass is 221 g/mol. The second-order valence-corrected chi connectivity index (χ2v) is 7.66. The van der Waals surface area contributed by atoms with Crippen molar-refractivity contribution in [3.63, 3.8) is 0 Å². The third-order valence-corrected chi connectivity index (χ3v) is 6.40. The number of hydrogen-bond acceptors (Lipinski definition) is 1. The van der Waals surface area contributed by atoms with Gasteiger partial charge < -0.3 is 0 Å². The summed E-state index contributed by atoms with van der Waals surface area (Å²) in [6, 6.07) is 6.38. The Morgan fingerprint density at radius 3 is 2.53 bits per heavy atom. The fourth-order valence-corrected chi connectivity index (χ4v) is 5.69. The molecule has 1 unspecified atom stereocenters. The van der Waals surface area contributed by atoms with Crippen LogP contribution in [0, 0.1) is 0 Å². The van der Waals surface area contributed by atoms with Crippen LogP contribution in [0.5, 0.6) is 0 Å². The molecule has 1 aromatic rings. The van der Waals surface area contributed by atoms with Crippen LogP contribution in [0.15, 0.2) is 24.4 Å². The molecule has 1 saturated carbocycles. The predicted octanol–water partition coefficient (Wildman–Crippen LogP) is 3.54. The molecule has 0 spiro atoms. The van der Waals surface area contributed by atoms with Crippen molar-refractivity contribution in [2.75, 3.05) is 0 Å². The van der Waals surface area contributed by atoms with Crippen LogP contribution < -0.4 is 5.44 Å². The highest BCUT2D eigenvalue weighted by atomic mass is 31.1. The Bertz CT molecular complexity index is 291.